The standard InChI is InChI=1S/C14H19BrClNO/c15-12-6-5-10(13(16)7-12)8-17-14-4-2-1-3-11(14)9-18/h5-7,11,14,17-18H,1-4,8-9H2. The molecule has 0 amide bonds. The van der Waals surface area contributed by atoms with Gasteiger partial charge in [-0.3, -0.25) is 0 Å². The highest BCUT2D eigenvalue weighted by molar-refractivity contribution is 9.10. The summed E-state index contributed by atoms with van der Waals surface area (Å²) in [6.07, 6.45) is 4.77. The van der Waals surface area contributed by atoms with E-state index in [0.29, 0.717) is 12.0 Å². The average Bonchev–Trinajstić information content (AvgIpc) is 2.38. The zero-order chi connectivity index (χ0) is 13.0. The predicted molar refractivity (Wildman–Crippen MR) is 78.8 cm³/mol. The van der Waals surface area contributed by atoms with Crippen molar-refractivity contribution in [3.8, 4) is 0 Å². The van der Waals surface area contributed by atoms with Gasteiger partial charge in [-0.15, -0.1) is 0 Å². The molecule has 1 aromatic rings. The van der Waals surface area contributed by atoms with Gasteiger partial charge in [0.15, 0.2) is 0 Å². The van der Waals surface area contributed by atoms with Crippen molar-refractivity contribution in [1.82, 2.24) is 5.32 Å². The van der Waals surface area contributed by atoms with Crippen LogP contribution in [-0.4, -0.2) is 17.8 Å². The third kappa shape index (κ3) is 3.70. The van der Waals surface area contributed by atoms with Gasteiger partial charge in [-0.2, -0.15) is 0 Å². The molecule has 0 saturated heterocycles. The summed E-state index contributed by atoms with van der Waals surface area (Å²) < 4.78 is 1.00. The Morgan fingerprint density at radius 3 is 2.83 bits per heavy atom. The summed E-state index contributed by atoms with van der Waals surface area (Å²) in [5.41, 5.74) is 1.11. The summed E-state index contributed by atoms with van der Waals surface area (Å²) in [5, 5.41) is 13.7. The van der Waals surface area contributed by atoms with Gasteiger partial charge in [-0.25, -0.2) is 0 Å². The monoisotopic (exact) mass is 331 g/mol. The molecule has 4 heteroatoms. The Labute approximate surface area is 122 Å². The average molecular weight is 333 g/mol. The van der Waals surface area contributed by atoms with Crippen LogP contribution < -0.4 is 5.32 Å². The highest BCUT2D eigenvalue weighted by atomic mass is 79.9. The summed E-state index contributed by atoms with van der Waals surface area (Å²) in [5.74, 6) is 0.396. The molecule has 0 aromatic heterocycles. The van der Waals surface area contributed by atoms with Gasteiger partial charge >= 0.3 is 0 Å². The molecule has 18 heavy (non-hydrogen) atoms. The maximum atomic E-state index is 9.38. The number of hydrogen-bond donors (Lipinski definition) is 2. The minimum absolute atomic E-state index is 0.283. The fourth-order valence-corrected chi connectivity index (χ4v) is 3.34. The zero-order valence-electron chi connectivity index (χ0n) is 10.3. The lowest BCUT2D eigenvalue weighted by Gasteiger charge is -2.31. The summed E-state index contributed by atoms with van der Waals surface area (Å²) in [6, 6.07) is 6.38. The predicted octanol–water partition coefficient (Wildman–Crippen LogP) is 3.74. The molecular weight excluding hydrogens is 314 g/mol. The number of aliphatic hydroxyl groups excluding tert-OH is 1. The van der Waals surface area contributed by atoms with E-state index in [1.807, 2.05) is 18.2 Å². The van der Waals surface area contributed by atoms with Gasteiger partial charge < -0.3 is 10.4 Å². The Morgan fingerprint density at radius 1 is 1.33 bits per heavy atom. The quantitative estimate of drug-likeness (QED) is 0.880. The SMILES string of the molecule is OCC1CCCCC1NCc1ccc(Br)cc1Cl. The fourth-order valence-electron chi connectivity index (χ4n) is 2.60. The molecular formula is C14H19BrClNO. The lowest BCUT2D eigenvalue weighted by Crippen LogP contribution is -2.39. The summed E-state index contributed by atoms with van der Waals surface area (Å²) in [7, 11) is 0. The van der Waals surface area contributed by atoms with Crippen LogP contribution in [0.3, 0.4) is 0 Å². The van der Waals surface area contributed by atoms with Crippen molar-refractivity contribution in [3.63, 3.8) is 0 Å². The Balaban J connectivity index is 1.93. The smallest absolute Gasteiger partial charge is 0.0474 e. The Kier molecular flexibility index (Phi) is 5.49. The van der Waals surface area contributed by atoms with Crippen LogP contribution in [0.15, 0.2) is 22.7 Å². The van der Waals surface area contributed by atoms with Crippen molar-refractivity contribution in [2.45, 2.75) is 38.3 Å². The number of halogens is 2. The molecule has 1 aliphatic carbocycles. The van der Waals surface area contributed by atoms with Gasteiger partial charge in [0.25, 0.3) is 0 Å². The van der Waals surface area contributed by atoms with Crippen LogP contribution in [-0.2, 0) is 6.54 Å². The first-order valence-electron chi connectivity index (χ1n) is 6.49. The van der Waals surface area contributed by atoms with Crippen molar-refractivity contribution in [3.05, 3.63) is 33.3 Å². The van der Waals surface area contributed by atoms with E-state index in [0.717, 1.165) is 34.4 Å². The molecule has 2 N–H and O–H groups in total. The van der Waals surface area contributed by atoms with Crippen LogP contribution in [0, 0.1) is 5.92 Å². The molecule has 0 spiro atoms. The minimum Gasteiger partial charge on any atom is -0.396 e. The summed E-state index contributed by atoms with van der Waals surface area (Å²) in [6.45, 7) is 1.05. The number of aliphatic hydroxyl groups is 1. The largest absolute Gasteiger partial charge is 0.396 e. The zero-order valence-corrected chi connectivity index (χ0v) is 12.7. The molecule has 0 radical (unpaired) electrons. The second-order valence-corrected chi connectivity index (χ2v) is 6.27. The van der Waals surface area contributed by atoms with Crippen molar-refractivity contribution in [2.24, 2.45) is 5.92 Å². The molecule has 2 nitrogen and oxygen atoms in total. The highest BCUT2D eigenvalue weighted by Crippen LogP contribution is 2.25. The van der Waals surface area contributed by atoms with Crippen LogP contribution in [0.1, 0.15) is 31.2 Å². The van der Waals surface area contributed by atoms with Crippen molar-refractivity contribution < 1.29 is 5.11 Å². The van der Waals surface area contributed by atoms with Crippen molar-refractivity contribution in [1.29, 1.82) is 0 Å². The maximum Gasteiger partial charge on any atom is 0.0474 e. The van der Waals surface area contributed by atoms with Gasteiger partial charge in [-0.05, 0) is 36.5 Å². The molecule has 100 valence electrons. The van der Waals surface area contributed by atoms with E-state index in [1.165, 1.54) is 12.8 Å². The van der Waals surface area contributed by atoms with E-state index in [2.05, 4.69) is 21.2 Å². The van der Waals surface area contributed by atoms with Gasteiger partial charge in [0.2, 0.25) is 0 Å². The normalized spacial score (nSPS) is 24.2. The second-order valence-electron chi connectivity index (χ2n) is 4.95. The fraction of sp³-hybridized carbons (Fsp3) is 0.571. The topological polar surface area (TPSA) is 32.3 Å². The summed E-state index contributed by atoms with van der Waals surface area (Å²) in [4.78, 5) is 0. The molecule has 2 unspecified atom stereocenters. The molecule has 0 aliphatic heterocycles. The maximum absolute atomic E-state index is 9.38. The van der Waals surface area contributed by atoms with Crippen LogP contribution in [0.2, 0.25) is 5.02 Å². The Morgan fingerprint density at radius 2 is 2.11 bits per heavy atom. The lowest BCUT2D eigenvalue weighted by molar-refractivity contribution is 0.152. The molecule has 0 bridgehead atoms. The second kappa shape index (κ2) is 6.90. The van der Waals surface area contributed by atoms with Gasteiger partial charge in [0.1, 0.15) is 0 Å². The van der Waals surface area contributed by atoms with Gasteiger partial charge in [0, 0.05) is 28.7 Å². The first-order valence-corrected chi connectivity index (χ1v) is 7.66. The van der Waals surface area contributed by atoms with E-state index in [4.69, 9.17) is 11.6 Å². The van der Waals surface area contributed by atoms with Gasteiger partial charge in [0.05, 0.1) is 0 Å². The molecule has 0 heterocycles. The molecule has 1 aromatic carbocycles. The van der Waals surface area contributed by atoms with E-state index in [9.17, 15) is 5.11 Å². The van der Waals surface area contributed by atoms with Crippen molar-refractivity contribution in [2.75, 3.05) is 6.61 Å². The molecule has 1 fully saturated rings. The van der Waals surface area contributed by atoms with E-state index in [1.54, 1.807) is 0 Å². The van der Waals surface area contributed by atoms with Crippen molar-refractivity contribution >= 4 is 27.5 Å². The van der Waals surface area contributed by atoms with E-state index < -0.39 is 0 Å². The lowest BCUT2D eigenvalue weighted by atomic mass is 9.85. The molecule has 2 rings (SSSR count). The van der Waals surface area contributed by atoms with Gasteiger partial charge in [-0.1, -0.05) is 46.4 Å². The Hall–Kier alpha value is -0.0900. The first kappa shape index (κ1) is 14.3. The number of rotatable bonds is 4. The molecule has 1 aliphatic rings. The van der Waals surface area contributed by atoms with Crippen LogP contribution in [0.25, 0.3) is 0 Å². The number of nitrogens with one attached hydrogen (secondary N) is 1. The third-order valence-corrected chi connectivity index (χ3v) is 4.56. The highest BCUT2D eigenvalue weighted by Gasteiger charge is 2.23. The Bertz CT molecular complexity index is 399. The van der Waals surface area contributed by atoms with E-state index >= 15 is 0 Å². The van der Waals surface area contributed by atoms with Crippen LogP contribution in [0.5, 0.6) is 0 Å². The van der Waals surface area contributed by atoms with Crippen LogP contribution in [0.4, 0.5) is 0 Å². The number of benzene rings is 1. The van der Waals surface area contributed by atoms with E-state index in [-0.39, 0.29) is 6.61 Å². The third-order valence-electron chi connectivity index (χ3n) is 3.71. The first-order chi connectivity index (χ1) is 8.70. The molecule has 1 saturated carbocycles. The van der Waals surface area contributed by atoms with Crippen LogP contribution >= 0.6 is 27.5 Å². The number of hydrogen-bond acceptors (Lipinski definition) is 2. The summed E-state index contributed by atoms with van der Waals surface area (Å²) >= 11 is 9.60. The minimum atomic E-state index is 0.283. The molecule has 2 atom stereocenters.